The molecule has 0 aromatic heterocycles. The Morgan fingerprint density at radius 2 is 1.94 bits per heavy atom. The van der Waals surface area contributed by atoms with Gasteiger partial charge in [0.1, 0.15) is 12.4 Å². The lowest BCUT2D eigenvalue weighted by atomic mass is 10.2. The van der Waals surface area contributed by atoms with Crippen LogP contribution in [0.5, 0.6) is 11.5 Å². The van der Waals surface area contributed by atoms with Crippen molar-refractivity contribution in [3.8, 4) is 11.5 Å². The van der Waals surface area contributed by atoms with Crippen molar-refractivity contribution < 1.29 is 13.9 Å². The van der Waals surface area contributed by atoms with E-state index in [1.807, 2.05) is 24.3 Å². The molecule has 0 atom stereocenters. The molecule has 0 bridgehead atoms. The monoisotopic (exact) mass is 231 g/mol. The van der Waals surface area contributed by atoms with Crippen LogP contribution in [0.1, 0.15) is 5.56 Å². The summed E-state index contributed by atoms with van der Waals surface area (Å²) in [5.41, 5.74) is 0.947. The van der Waals surface area contributed by atoms with Crippen LogP contribution >= 0.6 is 0 Å². The Bertz CT molecular complexity index is 480. The number of methoxy groups -OCH3 is 1. The SMILES string of the molecule is COc1ccc(COc2[c]cccc2F)cc1. The molecule has 0 heterocycles. The fraction of sp³-hybridized carbons (Fsp3) is 0.143. The van der Waals surface area contributed by atoms with Crippen molar-refractivity contribution in [3.63, 3.8) is 0 Å². The minimum Gasteiger partial charge on any atom is -0.497 e. The number of hydrogen-bond donors (Lipinski definition) is 0. The predicted octanol–water partition coefficient (Wildman–Crippen LogP) is 3.21. The Morgan fingerprint density at radius 3 is 2.59 bits per heavy atom. The van der Waals surface area contributed by atoms with Crippen molar-refractivity contribution in [1.29, 1.82) is 0 Å². The van der Waals surface area contributed by atoms with E-state index in [-0.39, 0.29) is 5.75 Å². The summed E-state index contributed by atoms with van der Waals surface area (Å²) in [6, 6.07) is 14.7. The summed E-state index contributed by atoms with van der Waals surface area (Å²) in [4.78, 5) is 0. The van der Waals surface area contributed by atoms with E-state index < -0.39 is 5.82 Å². The van der Waals surface area contributed by atoms with Gasteiger partial charge in [-0.05, 0) is 23.8 Å². The van der Waals surface area contributed by atoms with Gasteiger partial charge >= 0.3 is 0 Å². The van der Waals surface area contributed by atoms with Crippen LogP contribution in [-0.4, -0.2) is 7.11 Å². The first-order valence-electron chi connectivity index (χ1n) is 5.21. The Hall–Kier alpha value is -2.03. The summed E-state index contributed by atoms with van der Waals surface area (Å²) in [7, 11) is 1.61. The van der Waals surface area contributed by atoms with E-state index in [9.17, 15) is 4.39 Å². The lowest BCUT2D eigenvalue weighted by molar-refractivity contribution is 0.289. The van der Waals surface area contributed by atoms with Gasteiger partial charge in [0.05, 0.1) is 7.11 Å². The van der Waals surface area contributed by atoms with Gasteiger partial charge in [-0.25, -0.2) is 4.39 Å². The van der Waals surface area contributed by atoms with Crippen LogP contribution in [0.3, 0.4) is 0 Å². The molecular weight excluding hydrogens is 219 g/mol. The van der Waals surface area contributed by atoms with Gasteiger partial charge in [0.2, 0.25) is 0 Å². The van der Waals surface area contributed by atoms with E-state index in [1.165, 1.54) is 6.07 Å². The van der Waals surface area contributed by atoms with E-state index >= 15 is 0 Å². The molecule has 87 valence electrons. The molecule has 0 aliphatic heterocycles. The second-order valence-corrected chi connectivity index (χ2v) is 3.48. The molecule has 0 aliphatic rings. The third-order valence-electron chi connectivity index (χ3n) is 2.31. The third kappa shape index (κ3) is 2.97. The summed E-state index contributed by atoms with van der Waals surface area (Å²) < 4.78 is 23.6. The first-order chi connectivity index (χ1) is 8.29. The zero-order chi connectivity index (χ0) is 12.1. The van der Waals surface area contributed by atoms with Gasteiger partial charge in [0.25, 0.3) is 0 Å². The molecule has 2 aromatic carbocycles. The highest BCUT2D eigenvalue weighted by atomic mass is 19.1. The highest BCUT2D eigenvalue weighted by Crippen LogP contribution is 2.17. The van der Waals surface area contributed by atoms with Crippen molar-refractivity contribution in [2.24, 2.45) is 0 Å². The Balaban J connectivity index is 2.00. The van der Waals surface area contributed by atoms with Crippen LogP contribution < -0.4 is 9.47 Å². The molecule has 2 nitrogen and oxygen atoms in total. The Labute approximate surface area is 99.6 Å². The van der Waals surface area contributed by atoms with Crippen LogP contribution in [0.15, 0.2) is 42.5 Å². The largest absolute Gasteiger partial charge is 0.497 e. The van der Waals surface area contributed by atoms with Crippen molar-refractivity contribution in [3.05, 3.63) is 59.9 Å². The molecule has 0 saturated carbocycles. The van der Waals surface area contributed by atoms with Gasteiger partial charge in [-0.2, -0.15) is 0 Å². The third-order valence-corrected chi connectivity index (χ3v) is 2.31. The minimum atomic E-state index is -0.402. The normalized spacial score (nSPS) is 10.0. The first-order valence-corrected chi connectivity index (χ1v) is 5.21. The van der Waals surface area contributed by atoms with E-state index in [0.29, 0.717) is 6.61 Å². The number of para-hydroxylation sites is 1. The Kier molecular flexibility index (Phi) is 3.60. The number of hydrogen-bond acceptors (Lipinski definition) is 2. The van der Waals surface area contributed by atoms with Crippen LogP contribution in [0.2, 0.25) is 0 Å². The lowest BCUT2D eigenvalue weighted by Gasteiger charge is -2.07. The molecule has 2 aromatic rings. The summed E-state index contributed by atoms with van der Waals surface area (Å²) in [5, 5.41) is 0. The number of halogens is 1. The molecule has 0 fully saturated rings. The van der Waals surface area contributed by atoms with Crippen LogP contribution in [-0.2, 0) is 6.61 Å². The van der Waals surface area contributed by atoms with Crippen LogP contribution in [0, 0.1) is 11.9 Å². The maximum atomic E-state index is 13.2. The second kappa shape index (κ2) is 5.34. The molecular formula is C14H12FO2. The summed E-state index contributed by atoms with van der Waals surface area (Å²) in [5.74, 6) is 0.524. The number of rotatable bonds is 4. The van der Waals surface area contributed by atoms with Gasteiger partial charge in [-0.1, -0.05) is 24.3 Å². The van der Waals surface area contributed by atoms with E-state index in [0.717, 1.165) is 11.3 Å². The van der Waals surface area contributed by atoms with Crippen molar-refractivity contribution in [2.45, 2.75) is 6.61 Å². The molecule has 17 heavy (non-hydrogen) atoms. The molecule has 1 radical (unpaired) electrons. The summed E-state index contributed by atoms with van der Waals surface area (Å²) >= 11 is 0. The molecule has 0 aliphatic carbocycles. The molecule has 0 spiro atoms. The molecule has 2 rings (SSSR count). The van der Waals surface area contributed by atoms with Gasteiger partial charge in [0, 0.05) is 6.07 Å². The molecule has 3 heteroatoms. The first kappa shape index (κ1) is 11.5. The minimum absolute atomic E-state index is 0.142. The second-order valence-electron chi connectivity index (χ2n) is 3.48. The predicted molar refractivity (Wildman–Crippen MR) is 62.6 cm³/mol. The van der Waals surface area contributed by atoms with E-state index in [4.69, 9.17) is 9.47 Å². The van der Waals surface area contributed by atoms with E-state index in [2.05, 4.69) is 6.07 Å². The zero-order valence-electron chi connectivity index (χ0n) is 9.44. The van der Waals surface area contributed by atoms with E-state index in [1.54, 1.807) is 19.2 Å². The molecule has 0 unspecified atom stereocenters. The fourth-order valence-corrected chi connectivity index (χ4v) is 1.39. The Morgan fingerprint density at radius 1 is 1.18 bits per heavy atom. The average Bonchev–Trinajstić information content (AvgIpc) is 2.38. The fourth-order valence-electron chi connectivity index (χ4n) is 1.39. The maximum Gasteiger partial charge on any atom is 0.165 e. The standard InChI is InChI=1S/C14H12FO2/c1-16-12-8-6-11(7-9-12)10-17-14-5-3-2-4-13(14)15/h2-4,6-9H,10H2,1H3. The molecule has 0 saturated heterocycles. The summed E-state index contributed by atoms with van der Waals surface area (Å²) in [6.45, 7) is 0.307. The average molecular weight is 231 g/mol. The van der Waals surface area contributed by atoms with Crippen LogP contribution in [0.25, 0.3) is 0 Å². The van der Waals surface area contributed by atoms with Gasteiger partial charge in [0.15, 0.2) is 11.6 Å². The maximum absolute atomic E-state index is 13.2. The van der Waals surface area contributed by atoms with Gasteiger partial charge < -0.3 is 9.47 Å². The topological polar surface area (TPSA) is 18.5 Å². The summed E-state index contributed by atoms with van der Waals surface area (Å²) in [6.07, 6.45) is 0. The van der Waals surface area contributed by atoms with Crippen molar-refractivity contribution >= 4 is 0 Å². The highest BCUT2D eigenvalue weighted by molar-refractivity contribution is 5.28. The molecule has 0 N–H and O–H groups in total. The smallest absolute Gasteiger partial charge is 0.165 e. The lowest BCUT2D eigenvalue weighted by Crippen LogP contribution is -1.97. The molecule has 0 amide bonds. The van der Waals surface area contributed by atoms with Crippen molar-refractivity contribution in [2.75, 3.05) is 7.11 Å². The van der Waals surface area contributed by atoms with Crippen molar-refractivity contribution in [1.82, 2.24) is 0 Å². The zero-order valence-corrected chi connectivity index (χ0v) is 9.44. The highest BCUT2D eigenvalue weighted by Gasteiger charge is 2.02. The quantitative estimate of drug-likeness (QED) is 0.804. The van der Waals surface area contributed by atoms with Gasteiger partial charge in [-0.3, -0.25) is 0 Å². The van der Waals surface area contributed by atoms with Gasteiger partial charge in [-0.15, -0.1) is 0 Å². The number of benzene rings is 2. The van der Waals surface area contributed by atoms with Crippen LogP contribution in [0.4, 0.5) is 4.39 Å². The number of ether oxygens (including phenoxy) is 2.